The first kappa shape index (κ1) is 9.20. The smallest absolute Gasteiger partial charge is 0.160 e. The molecule has 0 heterocycles. The van der Waals surface area contributed by atoms with Crippen LogP contribution in [0, 0.1) is 0 Å². The summed E-state index contributed by atoms with van der Waals surface area (Å²) in [5.41, 5.74) is 1.65. The molecule has 0 aliphatic carbocycles. The molecule has 62 valence electrons. The molecule has 0 bridgehead atoms. The summed E-state index contributed by atoms with van der Waals surface area (Å²) in [6.45, 7) is 1.56. The van der Waals surface area contributed by atoms with Crippen LogP contribution in [-0.2, 0) is 4.79 Å². The lowest BCUT2D eigenvalue weighted by Crippen LogP contribution is -1.93. The van der Waals surface area contributed by atoms with Gasteiger partial charge in [0.2, 0.25) is 0 Å². The van der Waals surface area contributed by atoms with Crippen LogP contribution in [-0.4, -0.2) is 5.78 Å². The van der Waals surface area contributed by atoms with Gasteiger partial charge in [-0.2, -0.15) is 0 Å². The zero-order chi connectivity index (χ0) is 8.97. The minimum Gasteiger partial charge on any atom is -0.294 e. The van der Waals surface area contributed by atoms with Crippen molar-refractivity contribution in [1.82, 2.24) is 0 Å². The fraction of sp³-hybridized carbons (Fsp3) is 0.100. The molecule has 0 aliphatic rings. The van der Waals surface area contributed by atoms with Crippen molar-refractivity contribution in [2.24, 2.45) is 0 Å². The Balaban J connectivity index is 3.05. The van der Waals surface area contributed by atoms with Gasteiger partial charge in [0, 0.05) is 5.57 Å². The fourth-order valence-electron chi connectivity index (χ4n) is 0.961. The lowest BCUT2D eigenvalue weighted by molar-refractivity contribution is -0.111. The van der Waals surface area contributed by atoms with Crippen molar-refractivity contribution in [2.75, 3.05) is 0 Å². The van der Waals surface area contributed by atoms with Gasteiger partial charge in [-0.05, 0) is 17.5 Å². The maximum Gasteiger partial charge on any atom is 0.160 e. The number of allylic oxidation sites excluding steroid dienone is 1. The third kappa shape index (κ3) is 2.05. The second-order valence-electron chi connectivity index (χ2n) is 2.44. The average molecular weight is 225 g/mol. The molecule has 0 amide bonds. The Morgan fingerprint density at radius 3 is 2.33 bits per heavy atom. The number of carbonyl (C=O) groups excluding carboxylic acids is 1. The number of benzene rings is 1. The van der Waals surface area contributed by atoms with Gasteiger partial charge in [0.1, 0.15) is 0 Å². The van der Waals surface area contributed by atoms with E-state index in [1.54, 1.807) is 11.9 Å². The van der Waals surface area contributed by atoms with Crippen molar-refractivity contribution in [3.63, 3.8) is 0 Å². The molecule has 0 fully saturated rings. The van der Waals surface area contributed by atoms with Crippen molar-refractivity contribution in [1.29, 1.82) is 0 Å². The first-order valence-electron chi connectivity index (χ1n) is 3.62. The molecular formula is C10H9BrO. The molecular weight excluding hydrogens is 216 g/mol. The highest BCUT2D eigenvalue weighted by atomic mass is 79.9. The Labute approximate surface area is 80.2 Å². The third-order valence-electron chi connectivity index (χ3n) is 1.57. The Kier molecular flexibility index (Phi) is 3.23. The van der Waals surface area contributed by atoms with E-state index in [2.05, 4.69) is 15.9 Å². The Morgan fingerprint density at radius 1 is 1.33 bits per heavy atom. The summed E-state index contributed by atoms with van der Waals surface area (Å²) in [6, 6.07) is 9.57. The number of hydrogen-bond donors (Lipinski definition) is 0. The lowest BCUT2D eigenvalue weighted by atomic mass is 10.1. The van der Waals surface area contributed by atoms with Gasteiger partial charge in [0.05, 0.1) is 0 Å². The summed E-state index contributed by atoms with van der Waals surface area (Å²) in [5.74, 6) is 0.0677. The van der Waals surface area contributed by atoms with Gasteiger partial charge in [0.15, 0.2) is 5.78 Å². The Morgan fingerprint density at radius 2 is 1.92 bits per heavy atom. The van der Waals surface area contributed by atoms with Crippen molar-refractivity contribution < 1.29 is 4.79 Å². The quantitative estimate of drug-likeness (QED) is 0.707. The first-order valence-corrected chi connectivity index (χ1v) is 4.54. The summed E-state index contributed by atoms with van der Waals surface area (Å²) in [5, 5.41) is 0. The second-order valence-corrected chi connectivity index (χ2v) is 2.90. The van der Waals surface area contributed by atoms with Crippen LogP contribution >= 0.6 is 15.9 Å². The molecule has 12 heavy (non-hydrogen) atoms. The molecule has 0 radical (unpaired) electrons. The van der Waals surface area contributed by atoms with E-state index in [4.69, 9.17) is 0 Å². The van der Waals surface area contributed by atoms with Crippen molar-refractivity contribution in [3.8, 4) is 0 Å². The van der Waals surface area contributed by atoms with Crippen LogP contribution in [0.15, 0.2) is 35.3 Å². The summed E-state index contributed by atoms with van der Waals surface area (Å²) < 4.78 is 0. The van der Waals surface area contributed by atoms with Crippen molar-refractivity contribution in [2.45, 2.75) is 6.92 Å². The lowest BCUT2D eigenvalue weighted by Gasteiger charge is -2.00. The monoisotopic (exact) mass is 224 g/mol. The van der Waals surface area contributed by atoms with E-state index in [-0.39, 0.29) is 5.78 Å². The zero-order valence-corrected chi connectivity index (χ0v) is 8.34. The predicted molar refractivity (Wildman–Crippen MR) is 54.0 cm³/mol. The predicted octanol–water partition coefficient (Wildman–Crippen LogP) is 3.01. The molecule has 0 saturated heterocycles. The maximum absolute atomic E-state index is 11.1. The Hall–Kier alpha value is -0.890. The van der Waals surface area contributed by atoms with E-state index in [9.17, 15) is 4.79 Å². The summed E-state index contributed by atoms with van der Waals surface area (Å²) in [7, 11) is 0. The highest BCUT2D eigenvalue weighted by Crippen LogP contribution is 2.16. The molecule has 0 N–H and O–H groups in total. The minimum atomic E-state index is 0.0677. The van der Waals surface area contributed by atoms with Gasteiger partial charge in [-0.25, -0.2) is 0 Å². The normalized spacial score (nSPS) is 11.3. The van der Waals surface area contributed by atoms with Crippen LogP contribution in [0.4, 0.5) is 0 Å². The Bertz CT molecular complexity index is 301. The molecule has 1 aromatic carbocycles. The minimum absolute atomic E-state index is 0.0677. The van der Waals surface area contributed by atoms with Crippen LogP contribution in [0.25, 0.3) is 5.57 Å². The molecule has 2 heteroatoms. The molecule has 1 aromatic rings. The van der Waals surface area contributed by atoms with Crippen LogP contribution in [0.2, 0.25) is 0 Å². The molecule has 0 saturated carbocycles. The maximum atomic E-state index is 11.1. The molecule has 0 spiro atoms. The van der Waals surface area contributed by atoms with Crippen LogP contribution in [0.3, 0.4) is 0 Å². The van der Waals surface area contributed by atoms with E-state index in [1.807, 2.05) is 30.3 Å². The van der Waals surface area contributed by atoms with Gasteiger partial charge >= 0.3 is 0 Å². The van der Waals surface area contributed by atoms with Crippen molar-refractivity contribution in [3.05, 3.63) is 40.9 Å². The topological polar surface area (TPSA) is 17.1 Å². The van der Waals surface area contributed by atoms with Gasteiger partial charge in [-0.3, -0.25) is 4.79 Å². The highest BCUT2D eigenvalue weighted by Gasteiger charge is 2.04. The standard InChI is InChI=1S/C10H9BrO/c1-8(12)10(7-11)9-5-3-2-4-6-9/h2-7H,1H3. The largest absolute Gasteiger partial charge is 0.294 e. The number of ketones is 1. The summed E-state index contributed by atoms with van der Waals surface area (Å²) >= 11 is 3.17. The van der Waals surface area contributed by atoms with Crippen LogP contribution < -0.4 is 0 Å². The number of carbonyl (C=O) groups is 1. The van der Waals surface area contributed by atoms with Crippen molar-refractivity contribution >= 4 is 27.3 Å². The van der Waals surface area contributed by atoms with Gasteiger partial charge in [-0.15, -0.1) is 0 Å². The van der Waals surface area contributed by atoms with E-state index < -0.39 is 0 Å². The summed E-state index contributed by atoms with van der Waals surface area (Å²) in [4.78, 5) is 12.7. The third-order valence-corrected chi connectivity index (χ3v) is 2.03. The number of halogens is 1. The number of rotatable bonds is 2. The summed E-state index contributed by atoms with van der Waals surface area (Å²) in [6.07, 6.45) is 0. The van der Waals surface area contributed by atoms with Gasteiger partial charge < -0.3 is 0 Å². The highest BCUT2D eigenvalue weighted by molar-refractivity contribution is 9.11. The van der Waals surface area contributed by atoms with Crippen LogP contribution in [0.5, 0.6) is 0 Å². The SMILES string of the molecule is CC(=O)C(=CBr)c1ccccc1. The number of Topliss-reactive ketones (excluding diaryl/α,β-unsaturated/α-hetero) is 1. The second kappa shape index (κ2) is 4.21. The molecule has 1 nitrogen and oxygen atoms in total. The number of hydrogen-bond acceptors (Lipinski definition) is 1. The molecule has 0 atom stereocenters. The fourth-order valence-corrected chi connectivity index (χ4v) is 1.55. The van der Waals surface area contributed by atoms with E-state index in [0.717, 1.165) is 5.56 Å². The van der Waals surface area contributed by atoms with Crippen LogP contribution in [0.1, 0.15) is 12.5 Å². The van der Waals surface area contributed by atoms with E-state index >= 15 is 0 Å². The average Bonchev–Trinajstić information content (AvgIpc) is 2.07. The van der Waals surface area contributed by atoms with E-state index in [1.165, 1.54) is 0 Å². The molecule has 0 unspecified atom stereocenters. The molecule has 0 aliphatic heterocycles. The van der Waals surface area contributed by atoms with Gasteiger partial charge in [-0.1, -0.05) is 46.3 Å². The molecule has 1 rings (SSSR count). The van der Waals surface area contributed by atoms with Gasteiger partial charge in [0.25, 0.3) is 0 Å². The van der Waals surface area contributed by atoms with E-state index in [0.29, 0.717) is 5.57 Å². The zero-order valence-electron chi connectivity index (χ0n) is 6.75. The first-order chi connectivity index (χ1) is 5.75. The molecule has 0 aromatic heterocycles.